The molecule has 4 rings (SSSR count). The first-order valence-electron chi connectivity index (χ1n) is 12.2. The van der Waals surface area contributed by atoms with Gasteiger partial charge in [-0.1, -0.05) is 36.4 Å². The molecule has 1 aliphatic heterocycles. The molecule has 6 nitrogen and oxygen atoms in total. The molecule has 0 spiro atoms. The normalized spacial score (nSPS) is 16.2. The Morgan fingerprint density at radius 2 is 1.89 bits per heavy atom. The van der Waals surface area contributed by atoms with Gasteiger partial charge in [-0.3, -0.25) is 9.59 Å². The van der Waals surface area contributed by atoms with E-state index in [-0.39, 0.29) is 24.5 Å². The molecule has 0 unspecified atom stereocenters. The van der Waals surface area contributed by atoms with Gasteiger partial charge in [0.25, 0.3) is 0 Å². The second-order valence-corrected chi connectivity index (χ2v) is 9.34. The van der Waals surface area contributed by atoms with Gasteiger partial charge >= 0.3 is 0 Å². The third-order valence-electron chi connectivity index (χ3n) is 6.91. The number of amides is 2. The number of benzene rings is 3. The summed E-state index contributed by atoms with van der Waals surface area (Å²) in [5.74, 6) is 0.121. The van der Waals surface area contributed by atoms with Crippen molar-refractivity contribution in [3.05, 3.63) is 71.3 Å². The fourth-order valence-electron chi connectivity index (χ4n) is 4.57. The van der Waals surface area contributed by atoms with Crippen LogP contribution in [0.25, 0.3) is 10.8 Å². The maximum Gasteiger partial charge on any atom is 0.244 e. The van der Waals surface area contributed by atoms with Crippen molar-refractivity contribution in [1.29, 1.82) is 0 Å². The zero-order valence-electron chi connectivity index (χ0n) is 21.0. The third-order valence-corrected chi connectivity index (χ3v) is 6.91. The lowest BCUT2D eigenvalue weighted by molar-refractivity contribution is -0.137. The quantitative estimate of drug-likeness (QED) is 0.486. The van der Waals surface area contributed by atoms with Crippen LogP contribution in [0, 0.1) is 13.8 Å². The van der Waals surface area contributed by atoms with Crippen LogP contribution in [0.3, 0.4) is 0 Å². The highest BCUT2D eigenvalue weighted by molar-refractivity contribution is 5.96. The summed E-state index contributed by atoms with van der Waals surface area (Å²) < 4.78 is 11.1. The Morgan fingerprint density at radius 3 is 2.63 bits per heavy atom. The Hall–Kier alpha value is -3.38. The van der Waals surface area contributed by atoms with Gasteiger partial charge in [-0.2, -0.15) is 0 Å². The minimum Gasteiger partial charge on any atom is -0.497 e. The lowest BCUT2D eigenvalue weighted by Gasteiger charge is -2.28. The highest BCUT2D eigenvalue weighted by Gasteiger charge is 2.28. The molecule has 1 heterocycles. The molecule has 1 aliphatic rings. The molecule has 35 heavy (non-hydrogen) atoms. The Bertz CT molecular complexity index is 1220. The third kappa shape index (κ3) is 5.82. The lowest BCUT2D eigenvalue weighted by atomic mass is 9.96. The largest absolute Gasteiger partial charge is 0.497 e. The van der Waals surface area contributed by atoms with Crippen molar-refractivity contribution in [3.8, 4) is 5.75 Å². The van der Waals surface area contributed by atoms with Gasteiger partial charge < -0.3 is 19.7 Å². The van der Waals surface area contributed by atoms with Gasteiger partial charge in [0.2, 0.25) is 11.8 Å². The van der Waals surface area contributed by atoms with Crippen molar-refractivity contribution in [1.82, 2.24) is 4.90 Å². The van der Waals surface area contributed by atoms with Crippen LogP contribution in [0.2, 0.25) is 0 Å². The summed E-state index contributed by atoms with van der Waals surface area (Å²) in [6, 6.07) is 17.7. The number of fused-ring (bicyclic) bond motifs is 1. The first-order valence-corrected chi connectivity index (χ1v) is 12.2. The van der Waals surface area contributed by atoms with Crippen LogP contribution in [-0.4, -0.2) is 49.6 Å². The molecular formula is C29H34N2O4. The average Bonchev–Trinajstić information content (AvgIpc) is 3.38. The van der Waals surface area contributed by atoms with Gasteiger partial charge in [0.05, 0.1) is 25.7 Å². The van der Waals surface area contributed by atoms with Crippen LogP contribution in [0.5, 0.6) is 5.75 Å². The Balaban J connectivity index is 1.53. The van der Waals surface area contributed by atoms with Gasteiger partial charge in [-0.25, -0.2) is 0 Å². The summed E-state index contributed by atoms with van der Waals surface area (Å²) in [6.45, 7) is 7.00. The number of hydrogen-bond acceptors (Lipinski definition) is 4. The SMILES string of the molecule is COc1ccc2cc([C@H](C)C(=O)N(CC(=O)Nc3cccc(C)c3C)C[C@H]3CCCO3)ccc2c1. The van der Waals surface area contributed by atoms with Crippen molar-refractivity contribution in [2.75, 3.05) is 32.1 Å². The molecule has 0 saturated carbocycles. The summed E-state index contributed by atoms with van der Waals surface area (Å²) in [7, 11) is 1.65. The number of hydrogen-bond donors (Lipinski definition) is 1. The van der Waals surface area contributed by atoms with E-state index in [2.05, 4.69) is 5.32 Å². The second kappa shape index (κ2) is 10.9. The highest BCUT2D eigenvalue weighted by atomic mass is 16.5. The number of ether oxygens (including phenoxy) is 2. The van der Waals surface area contributed by atoms with E-state index in [1.54, 1.807) is 12.0 Å². The topological polar surface area (TPSA) is 67.9 Å². The molecule has 1 N–H and O–H groups in total. The molecule has 6 heteroatoms. The van der Waals surface area contributed by atoms with Crippen molar-refractivity contribution in [2.24, 2.45) is 0 Å². The van der Waals surface area contributed by atoms with Crippen molar-refractivity contribution in [3.63, 3.8) is 0 Å². The fourth-order valence-corrected chi connectivity index (χ4v) is 4.57. The first kappa shape index (κ1) is 24.7. The fraction of sp³-hybridized carbons (Fsp3) is 0.379. The van der Waals surface area contributed by atoms with Crippen LogP contribution in [0.1, 0.15) is 42.4 Å². The molecule has 184 valence electrons. The molecule has 0 bridgehead atoms. The summed E-state index contributed by atoms with van der Waals surface area (Å²) >= 11 is 0. The summed E-state index contributed by atoms with van der Waals surface area (Å²) in [6.07, 6.45) is 1.84. The second-order valence-electron chi connectivity index (χ2n) is 9.34. The van der Waals surface area contributed by atoms with E-state index in [1.807, 2.05) is 75.4 Å². The van der Waals surface area contributed by atoms with E-state index in [0.29, 0.717) is 13.2 Å². The molecule has 3 aromatic carbocycles. The molecule has 0 aromatic heterocycles. The summed E-state index contributed by atoms with van der Waals surface area (Å²) in [5, 5.41) is 5.08. The molecule has 0 radical (unpaired) electrons. The molecule has 2 atom stereocenters. The molecular weight excluding hydrogens is 440 g/mol. The van der Waals surface area contributed by atoms with Gasteiger partial charge in [0, 0.05) is 18.8 Å². The Labute approximate surface area is 207 Å². The molecule has 0 aliphatic carbocycles. The number of carbonyl (C=O) groups is 2. The smallest absolute Gasteiger partial charge is 0.244 e. The van der Waals surface area contributed by atoms with Crippen molar-refractivity contribution in [2.45, 2.75) is 45.6 Å². The minimum absolute atomic E-state index is 0.0127. The number of rotatable bonds is 8. The van der Waals surface area contributed by atoms with Crippen LogP contribution in [0.15, 0.2) is 54.6 Å². The van der Waals surface area contributed by atoms with Crippen LogP contribution >= 0.6 is 0 Å². The van der Waals surface area contributed by atoms with Crippen molar-refractivity contribution < 1.29 is 19.1 Å². The van der Waals surface area contributed by atoms with E-state index >= 15 is 0 Å². The summed E-state index contributed by atoms with van der Waals surface area (Å²) in [4.78, 5) is 28.3. The van der Waals surface area contributed by atoms with E-state index in [1.165, 1.54) is 0 Å². The van der Waals surface area contributed by atoms with Crippen LogP contribution < -0.4 is 10.1 Å². The van der Waals surface area contributed by atoms with Gasteiger partial charge in [-0.15, -0.1) is 0 Å². The first-order chi connectivity index (χ1) is 16.9. The zero-order valence-corrected chi connectivity index (χ0v) is 21.0. The average molecular weight is 475 g/mol. The molecule has 2 amide bonds. The number of nitrogens with one attached hydrogen (secondary N) is 1. The van der Waals surface area contributed by atoms with Gasteiger partial charge in [0.15, 0.2) is 0 Å². The number of aryl methyl sites for hydroxylation is 1. The summed E-state index contributed by atoms with van der Waals surface area (Å²) in [5.41, 5.74) is 3.83. The highest BCUT2D eigenvalue weighted by Crippen LogP contribution is 2.27. The molecule has 3 aromatic rings. The zero-order chi connectivity index (χ0) is 24.9. The van der Waals surface area contributed by atoms with E-state index in [9.17, 15) is 9.59 Å². The predicted molar refractivity (Wildman–Crippen MR) is 139 cm³/mol. The standard InChI is InChI=1S/C29H34N2O4/c1-19-7-5-9-27(20(19)2)30-28(32)18-31(17-26-8-6-14-35-26)29(33)21(3)22-10-11-24-16-25(34-4)13-12-23(24)15-22/h5,7,9-13,15-16,21,26H,6,8,14,17-18H2,1-4H3,(H,30,32)/t21-,26+/m0/s1. The predicted octanol–water partition coefficient (Wildman–Crippen LogP) is 5.22. The maximum atomic E-state index is 13.6. The van der Waals surface area contributed by atoms with Gasteiger partial charge in [0.1, 0.15) is 5.75 Å². The van der Waals surface area contributed by atoms with E-state index in [4.69, 9.17) is 9.47 Å². The minimum atomic E-state index is -0.392. The lowest BCUT2D eigenvalue weighted by Crippen LogP contribution is -2.44. The Morgan fingerprint density at radius 1 is 1.11 bits per heavy atom. The van der Waals surface area contributed by atoms with E-state index in [0.717, 1.165) is 51.7 Å². The van der Waals surface area contributed by atoms with E-state index < -0.39 is 5.92 Å². The number of carbonyl (C=O) groups excluding carboxylic acids is 2. The van der Waals surface area contributed by atoms with Crippen LogP contribution in [0.4, 0.5) is 5.69 Å². The molecule has 1 fully saturated rings. The van der Waals surface area contributed by atoms with Crippen LogP contribution in [-0.2, 0) is 14.3 Å². The Kier molecular flexibility index (Phi) is 7.71. The van der Waals surface area contributed by atoms with Crippen molar-refractivity contribution >= 4 is 28.3 Å². The number of nitrogens with zero attached hydrogens (tertiary/aromatic N) is 1. The number of anilines is 1. The molecule has 1 saturated heterocycles. The monoisotopic (exact) mass is 474 g/mol. The van der Waals surface area contributed by atoms with Gasteiger partial charge in [-0.05, 0) is 79.3 Å². The maximum absolute atomic E-state index is 13.6. The number of methoxy groups -OCH3 is 1.